The van der Waals surface area contributed by atoms with Gasteiger partial charge in [-0.05, 0) is 35.8 Å². The summed E-state index contributed by atoms with van der Waals surface area (Å²) in [4.78, 5) is 17.6. The van der Waals surface area contributed by atoms with Gasteiger partial charge in [-0.15, -0.1) is 11.3 Å². The van der Waals surface area contributed by atoms with Gasteiger partial charge in [0.15, 0.2) is 5.13 Å². The average molecular weight is 428 g/mol. The van der Waals surface area contributed by atoms with Crippen molar-refractivity contribution in [3.05, 3.63) is 85.8 Å². The van der Waals surface area contributed by atoms with Crippen LogP contribution in [0.5, 0.6) is 0 Å². The van der Waals surface area contributed by atoms with Crippen LogP contribution in [0.2, 0.25) is 10.0 Å². The largest absolute Gasteiger partial charge is 0.297 e. The van der Waals surface area contributed by atoms with Gasteiger partial charge in [0.2, 0.25) is 0 Å². The van der Waals surface area contributed by atoms with E-state index in [2.05, 4.69) is 10.3 Å². The van der Waals surface area contributed by atoms with E-state index in [9.17, 15) is 10.1 Å². The fourth-order valence-electron chi connectivity index (χ4n) is 2.54. The highest BCUT2D eigenvalue weighted by Crippen LogP contribution is 2.29. The highest BCUT2D eigenvalue weighted by Gasteiger charge is 2.13. The summed E-state index contributed by atoms with van der Waals surface area (Å²) in [5.41, 5.74) is 2.71. The molecule has 0 saturated heterocycles. The minimum atomic E-state index is -0.493. The lowest BCUT2D eigenvalue weighted by atomic mass is 10.1. The van der Waals surface area contributed by atoms with Crippen molar-refractivity contribution in [1.29, 1.82) is 5.26 Å². The molecule has 0 aliphatic heterocycles. The summed E-state index contributed by atoms with van der Waals surface area (Å²) in [5.74, 6) is -0.493. The summed E-state index contributed by atoms with van der Waals surface area (Å²) in [7, 11) is 0. The van der Waals surface area contributed by atoms with Gasteiger partial charge in [-0.25, -0.2) is 4.98 Å². The maximum Gasteiger partial charge on any atom is 0.268 e. The molecule has 0 atom stereocenters. The molecule has 0 aliphatic carbocycles. The fourth-order valence-corrected chi connectivity index (χ4v) is 3.75. The van der Waals surface area contributed by atoms with Gasteiger partial charge < -0.3 is 0 Å². The van der Waals surface area contributed by atoms with E-state index in [0.29, 0.717) is 21.6 Å². The number of nitrogens with zero attached hydrogens (tertiary/aromatic N) is 2. The molecule has 0 bridgehead atoms. The number of nitriles is 1. The van der Waals surface area contributed by atoms with Crippen molar-refractivity contribution in [1.82, 2.24) is 4.98 Å². The quantitative estimate of drug-likeness (QED) is 0.407. The molecule has 0 saturated carbocycles. The van der Waals surface area contributed by atoms with Crippen LogP contribution in [0.4, 0.5) is 5.13 Å². The van der Waals surface area contributed by atoms with Crippen LogP contribution < -0.4 is 5.32 Å². The summed E-state index contributed by atoms with van der Waals surface area (Å²) in [6.07, 6.45) is 3.80. The summed E-state index contributed by atoms with van der Waals surface area (Å²) < 4.78 is 0. The third kappa shape index (κ3) is 4.79. The van der Waals surface area contributed by atoms with E-state index in [1.54, 1.807) is 18.3 Å². The summed E-state index contributed by atoms with van der Waals surface area (Å²) >= 11 is 13.6. The van der Waals surface area contributed by atoms with Crippen LogP contribution in [0, 0.1) is 18.3 Å². The Morgan fingerprint density at radius 3 is 2.79 bits per heavy atom. The predicted octanol–water partition coefficient (Wildman–Crippen LogP) is 5.89. The van der Waals surface area contributed by atoms with Gasteiger partial charge in [-0.1, -0.05) is 59.6 Å². The van der Waals surface area contributed by atoms with Crippen molar-refractivity contribution in [3.8, 4) is 6.07 Å². The topological polar surface area (TPSA) is 65.8 Å². The molecule has 0 unspecified atom stereocenters. The Balaban J connectivity index is 1.73. The number of nitrogens with one attached hydrogen (secondary N) is 1. The molecular weight excluding hydrogens is 413 g/mol. The highest BCUT2D eigenvalue weighted by atomic mass is 35.5. The molecule has 0 fully saturated rings. The van der Waals surface area contributed by atoms with Gasteiger partial charge in [0.25, 0.3) is 5.91 Å². The first-order valence-corrected chi connectivity index (χ1v) is 9.91. The van der Waals surface area contributed by atoms with Crippen LogP contribution in [0.3, 0.4) is 0 Å². The number of amides is 1. The zero-order valence-corrected chi connectivity index (χ0v) is 17.2. The van der Waals surface area contributed by atoms with Gasteiger partial charge in [-0.2, -0.15) is 5.26 Å². The second-order valence-electron chi connectivity index (χ2n) is 6.00. The lowest BCUT2D eigenvalue weighted by Crippen LogP contribution is -2.13. The molecule has 1 amide bonds. The van der Waals surface area contributed by atoms with Crippen LogP contribution in [0.1, 0.15) is 21.6 Å². The third-order valence-electron chi connectivity index (χ3n) is 4.02. The molecule has 140 valence electrons. The molecule has 2 aromatic carbocycles. The third-order valence-corrected chi connectivity index (χ3v) is 5.79. The molecule has 4 nitrogen and oxygen atoms in total. The maximum absolute atomic E-state index is 12.5. The Morgan fingerprint density at radius 1 is 1.25 bits per heavy atom. The van der Waals surface area contributed by atoms with Gasteiger partial charge in [0.1, 0.15) is 11.6 Å². The van der Waals surface area contributed by atoms with Crippen molar-refractivity contribution in [2.24, 2.45) is 0 Å². The van der Waals surface area contributed by atoms with Gasteiger partial charge in [-0.3, -0.25) is 10.1 Å². The number of hydrogen-bond acceptors (Lipinski definition) is 4. The van der Waals surface area contributed by atoms with Gasteiger partial charge in [0.05, 0.1) is 10.0 Å². The van der Waals surface area contributed by atoms with Gasteiger partial charge in [0, 0.05) is 17.5 Å². The van der Waals surface area contributed by atoms with Crippen LogP contribution in [-0.4, -0.2) is 10.9 Å². The van der Waals surface area contributed by atoms with E-state index in [0.717, 1.165) is 21.6 Å². The summed E-state index contributed by atoms with van der Waals surface area (Å²) in [6.45, 7) is 1.92. The van der Waals surface area contributed by atoms with Gasteiger partial charge >= 0.3 is 0 Å². The first-order valence-electron chi connectivity index (χ1n) is 8.34. The molecule has 3 rings (SSSR count). The smallest absolute Gasteiger partial charge is 0.268 e. The standard InChI is InChI=1S/C21H15Cl2N3OS/c1-13-5-2-3-6-14(13)9-16(11-24)20(27)26-21-25-12-17(28-21)10-15-7-4-8-18(22)19(15)23/h2-9,12H,10H2,1H3,(H,25,26,27)/b16-9+. The van der Waals surface area contributed by atoms with Crippen molar-refractivity contribution in [2.75, 3.05) is 5.32 Å². The van der Waals surface area contributed by atoms with Crippen LogP contribution in [0.25, 0.3) is 6.08 Å². The number of aryl methyl sites for hydroxylation is 1. The Labute approximate surface area is 177 Å². The second kappa shape index (κ2) is 9.03. The minimum Gasteiger partial charge on any atom is -0.297 e. The first kappa shape index (κ1) is 20.1. The minimum absolute atomic E-state index is 0.0175. The Hall–Kier alpha value is -2.65. The molecular formula is C21H15Cl2N3OS. The molecule has 1 aromatic heterocycles. The van der Waals surface area contributed by atoms with Crippen molar-refractivity contribution in [2.45, 2.75) is 13.3 Å². The number of benzene rings is 2. The van der Waals surface area contributed by atoms with Crippen molar-refractivity contribution < 1.29 is 4.79 Å². The Morgan fingerprint density at radius 2 is 2.04 bits per heavy atom. The number of thiazole rings is 1. The first-order chi connectivity index (χ1) is 13.5. The van der Waals surface area contributed by atoms with E-state index in [4.69, 9.17) is 23.2 Å². The lowest BCUT2D eigenvalue weighted by Gasteiger charge is -2.03. The molecule has 7 heteroatoms. The predicted molar refractivity (Wildman–Crippen MR) is 115 cm³/mol. The Bertz CT molecular complexity index is 1100. The number of hydrogen-bond donors (Lipinski definition) is 1. The number of anilines is 1. The fraction of sp³-hybridized carbons (Fsp3) is 0.0952. The second-order valence-corrected chi connectivity index (χ2v) is 7.90. The van der Waals surface area contributed by atoms with E-state index in [1.807, 2.05) is 49.4 Å². The maximum atomic E-state index is 12.5. The molecule has 0 aliphatic rings. The molecule has 3 aromatic rings. The normalized spacial score (nSPS) is 11.1. The van der Waals surface area contributed by atoms with E-state index in [1.165, 1.54) is 11.3 Å². The summed E-state index contributed by atoms with van der Waals surface area (Å²) in [6, 6.07) is 15.0. The summed E-state index contributed by atoms with van der Waals surface area (Å²) in [5, 5.41) is 13.5. The van der Waals surface area contributed by atoms with Crippen LogP contribution in [0.15, 0.2) is 54.2 Å². The van der Waals surface area contributed by atoms with Crippen molar-refractivity contribution in [3.63, 3.8) is 0 Å². The monoisotopic (exact) mass is 427 g/mol. The molecule has 1 N–H and O–H groups in total. The van der Waals surface area contributed by atoms with Crippen LogP contribution in [-0.2, 0) is 11.2 Å². The molecule has 0 spiro atoms. The number of halogens is 2. The molecule has 1 heterocycles. The Kier molecular flexibility index (Phi) is 6.48. The lowest BCUT2D eigenvalue weighted by molar-refractivity contribution is -0.112. The highest BCUT2D eigenvalue weighted by molar-refractivity contribution is 7.15. The number of aromatic nitrogens is 1. The molecule has 28 heavy (non-hydrogen) atoms. The zero-order chi connectivity index (χ0) is 20.1. The van der Waals surface area contributed by atoms with E-state index < -0.39 is 5.91 Å². The number of rotatable bonds is 5. The van der Waals surface area contributed by atoms with E-state index >= 15 is 0 Å². The average Bonchev–Trinajstić information content (AvgIpc) is 3.11. The number of carbonyl (C=O) groups is 1. The van der Waals surface area contributed by atoms with Crippen molar-refractivity contribution >= 4 is 51.7 Å². The zero-order valence-electron chi connectivity index (χ0n) is 14.9. The SMILES string of the molecule is Cc1ccccc1/C=C(\C#N)C(=O)Nc1ncc(Cc2cccc(Cl)c2Cl)s1. The molecule has 0 radical (unpaired) electrons. The van der Waals surface area contributed by atoms with Crippen LogP contribution >= 0.6 is 34.5 Å². The number of carbonyl (C=O) groups excluding carboxylic acids is 1. The van der Waals surface area contributed by atoms with E-state index in [-0.39, 0.29) is 5.57 Å².